The van der Waals surface area contributed by atoms with Gasteiger partial charge in [0.1, 0.15) is 19.3 Å². The zero-order valence-corrected chi connectivity index (χ0v) is 52.5. The third kappa shape index (κ3) is 57.9. The molecule has 0 bridgehead atoms. The molecule has 1 amide bonds. The highest BCUT2D eigenvalue weighted by molar-refractivity contribution is 7.45. The summed E-state index contributed by atoms with van der Waals surface area (Å²) >= 11 is 0. The molecule has 0 aromatic carbocycles. The van der Waals surface area contributed by atoms with Crippen LogP contribution in [0, 0.1) is 0 Å². The minimum absolute atomic E-state index is 0.0259. The number of likely N-dealkylation sites (N-methyl/N-ethyl adjacent to an activating group) is 1. The molecule has 452 valence electrons. The zero-order valence-electron chi connectivity index (χ0n) is 51.6. The minimum atomic E-state index is -4.70. The Hall–Kier alpha value is -2.81. The summed E-state index contributed by atoms with van der Waals surface area (Å²) in [6.45, 7) is 6.73. The Morgan fingerprint density at radius 3 is 1.23 bits per heavy atom. The van der Waals surface area contributed by atoms with Crippen LogP contribution < -0.4 is 10.2 Å². The fourth-order valence-corrected chi connectivity index (χ4v) is 9.84. The SMILES string of the molecule is CC/C=C\C/C=C\C/C=C\C/C=C\C/C=C\C/C=C\CCCCCCCCCCC(=O)NC(COP(=O)([O-])OCC[N+](C)(C)C)C(/C=C\CCCCCCCCCCC)OC(=O)CCCCCCCCCCCCCCCC. The van der Waals surface area contributed by atoms with E-state index in [0.29, 0.717) is 17.4 Å². The van der Waals surface area contributed by atoms with Crippen molar-refractivity contribution >= 4 is 19.7 Å². The quantitative estimate of drug-likeness (QED) is 0.0212. The Morgan fingerprint density at radius 1 is 0.462 bits per heavy atom. The van der Waals surface area contributed by atoms with Crippen LogP contribution in [0.5, 0.6) is 0 Å². The molecular formula is C68H123N2O7P. The maximum absolute atomic E-state index is 13.5. The maximum Gasteiger partial charge on any atom is 0.306 e. The molecule has 0 heterocycles. The minimum Gasteiger partial charge on any atom is -0.756 e. The Morgan fingerprint density at radius 2 is 0.821 bits per heavy atom. The number of unbranched alkanes of at least 4 members (excludes halogenated alkanes) is 30. The van der Waals surface area contributed by atoms with E-state index >= 15 is 0 Å². The van der Waals surface area contributed by atoms with Crippen molar-refractivity contribution in [2.45, 2.75) is 296 Å². The van der Waals surface area contributed by atoms with Crippen LogP contribution in [0.1, 0.15) is 284 Å². The largest absolute Gasteiger partial charge is 0.756 e. The summed E-state index contributed by atoms with van der Waals surface area (Å²) in [6.07, 6.45) is 75.5. The molecule has 3 atom stereocenters. The van der Waals surface area contributed by atoms with Gasteiger partial charge in [0, 0.05) is 12.8 Å². The van der Waals surface area contributed by atoms with E-state index in [4.69, 9.17) is 13.8 Å². The highest BCUT2D eigenvalue weighted by Crippen LogP contribution is 2.38. The number of hydrogen-bond acceptors (Lipinski definition) is 7. The lowest BCUT2D eigenvalue weighted by Gasteiger charge is -2.30. The first-order chi connectivity index (χ1) is 37.9. The molecule has 1 N–H and O–H groups in total. The molecule has 0 fully saturated rings. The van der Waals surface area contributed by atoms with Crippen LogP contribution in [0.25, 0.3) is 0 Å². The molecule has 0 rings (SSSR count). The van der Waals surface area contributed by atoms with Gasteiger partial charge in [-0.25, -0.2) is 0 Å². The first-order valence-electron chi connectivity index (χ1n) is 32.4. The molecular weight excluding hydrogens is 988 g/mol. The summed E-state index contributed by atoms with van der Waals surface area (Å²) < 4.78 is 30.3. The number of phosphoric acid groups is 1. The van der Waals surface area contributed by atoms with E-state index in [1.54, 1.807) is 0 Å². The van der Waals surface area contributed by atoms with E-state index in [1.807, 2.05) is 33.3 Å². The van der Waals surface area contributed by atoms with Crippen molar-refractivity contribution < 1.29 is 37.3 Å². The Labute approximate surface area is 482 Å². The predicted octanol–water partition coefficient (Wildman–Crippen LogP) is 19.5. The van der Waals surface area contributed by atoms with E-state index in [1.165, 1.54) is 141 Å². The number of amides is 1. The summed E-state index contributed by atoms with van der Waals surface area (Å²) in [5, 5.41) is 3.03. The second-order valence-corrected chi connectivity index (χ2v) is 24.3. The molecule has 0 aliphatic heterocycles. The first kappa shape index (κ1) is 75.2. The smallest absolute Gasteiger partial charge is 0.306 e. The van der Waals surface area contributed by atoms with Gasteiger partial charge in [0.2, 0.25) is 5.91 Å². The monoisotopic (exact) mass is 1110 g/mol. The summed E-state index contributed by atoms with van der Waals surface area (Å²) in [5.74, 6) is -0.547. The van der Waals surface area contributed by atoms with E-state index in [9.17, 15) is 19.0 Å². The standard InChI is InChI=1S/C68H123N2O7P/c1-7-10-13-16-19-22-25-27-29-30-31-32-33-34-35-36-37-38-39-40-41-42-45-48-51-54-57-60-67(71)69-65(64-76-78(73,74)75-63-62-70(4,5)6)66(59-56-53-50-47-44-24-21-18-15-12-9-3)77-68(72)61-58-55-52-49-46-43-28-26-23-20-17-14-11-8-2/h10,13,19,22,27,29,31-32,34-35,37-38,56,59,65-66H,7-9,11-12,14-18,20-21,23-26,28,30,33,36,39-55,57-58,60-64H2,1-6H3,(H-,69,71,73,74)/b13-10-,22-19-,29-27-,32-31-,35-34-,38-37-,59-56-. The van der Waals surface area contributed by atoms with Gasteiger partial charge in [-0.2, -0.15) is 0 Å². The molecule has 78 heavy (non-hydrogen) atoms. The van der Waals surface area contributed by atoms with Gasteiger partial charge in [0.05, 0.1) is 33.8 Å². The van der Waals surface area contributed by atoms with Gasteiger partial charge in [0.25, 0.3) is 7.82 Å². The van der Waals surface area contributed by atoms with Gasteiger partial charge in [0.15, 0.2) is 0 Å². The molecule has 0 aliphatic rings. The van der Waals surface area contributed by atoms with Gasteiger partial charge < -0.3 is 28.5 Å². The number of ether oxygens (including phenoxy) is 1. The third-order valence-corrected chi connectivity index (χ3v) is 15.1. The summed E-state index contributed by atoms with van der Waals surface area (Å²) in [7, 11) is 1.18. The molecule has 0 saturated carbocycles. The van der Waals surface area contributed by atoms with Crippen molar-refractivity contribution in [3.63, 3.8) is 0 Å². The number of nitrogens with one attached hydrogen (secondary N) is 1. The van der Waals surface area contributed by atoms with Crippen LogP contribution in [0.3, 0.4) is 0 Å². The van der Waals surface area contributed by atoms with E-state index < -0.39 is 26.6 Å². The lowest BCUT2D eigenvalue weighted by Crippen LogP contribution is -2.47. The molecule has 0 spiro atoms. The Balaban J connectivity index is 5.08. The number of hydrogen-bond donors (Lipinski definition) is 1. The number of rotatable bonds is 58. The maximum atomic E-state index is 13.5. The van der Waals surface area contributed by atoms with Gasteiger partial charge >= 0.3 is 5.97 Å². The van der Waals surface area contributed by atoms with Crippen molar-refractivity contribution in [2.24, 2.45) is 0 Å². The van der Waals surface area contributed by atoms with Gasteiger partial charge in [-0.3, -0.25) is 14.2 Å². The molecule has 9 nitrogen and oxygen atoms in total. The topological polar surface area (TPSA) is 114 Å². The third-order valence-electron chi connectivity index (χ3n) is 14.1. The highest BCUT2D eigenvalue weighted by Gasteiger charge is 2.27. The summed E-state index contributed by atoms with van der Waals surface area (Å²) in [6, 6.07) is -0.894. The number of nitrogens with zero attached hydrogens (tertiary/aromatic N) is 1. The van der Waals surface area contributed by atoms with E-state index in [-0.39, 0.29) is 24.9 Å². The number of quaternary nitrogens is 1. The second-order valence-electron chi connectivity index (χ2n) is 22.9. The molecule has 10 heteroatoms. The van der Waals surface area contributed by atoms with Crippen molar-refractivity contribution in [2.75, 3.05) is 40.9 Å². The fraction of sp³-hybridized carbons (Fsp3) is 0.765. The second kappa shape index (κ2) is 57.4. The molecule has 0 radical (unpaired) electrons. The van der Waals surface area contributed by atoms with Crippen LogP contribution in [0.4, 0.5) is 0 Å². The average molecular weight is 1110 g/mol. The number of esters is 1. The van der Waals surface area contributed by atoms with Crippen LogP contribution in [-0.4, -0.2) is 69.4 Å². The van der Waals surface area contributed by atoms with Crippen molar-refractivity contribution in [1.29, 1.82) is 0 Å². The number of phosphoric ester groups is 1. The predicted molar refractivity (Wildman–Crippen MR) is 335 cm³/mol. The number of carbonyl (C=O) groups excluding carboxylic acids is 2. The summed E-state index contributed by atoms with van der Waals surface area (Å²) in [4.78, 5) is 40.0. The van der Waals surface area contributed by atoms with Crippen LogP contribution >= 0.6 is 7.82 Å². The fourth-order valence-electron chi connectivity index (χ4n) is 9.11. The van der Waals surface area contributed by atoms with Crippen molar-refractivity contribution in [1.82, 2.24) is 5.32 Å². The normalized spacial score (nSPS) is 14.2. The van der Waals surface area contributed by atoms with Crippen molar-refractivity contribution in [3.8, 4) is 0 Å². The first-order valence-corrected chi connectivity index (χ1v) is 33.9. The molecule has 0 saturated heterocycles. The lowest BCUT2D eigenvalue weighted by atomic mass is 10.0. The molecule has 0 aromatic heterocycles. The van der Waals surface area contributed by atoms with E-state index in [2.05, 4.69) is 99.0 Å². The van der Waals surface area contributed by atoms with Gasteiger partial charge in [-0.05, 0) is 83.1 Å². The zero-order chi connectivity index (χ0) is 57.2. The van der Waals surface area contributed by atoms with E-state index in [0.717, 1.165) is 109 Å². The van der Waals surface area contributed by atoms with Crippen LogP contribution in [0.15, 0.2) is 85.1 Å². The molecule has 0 aliphatic carbocycles. The molecule has 0 aromatic rings. The molecule has 3 unspecified atom stereocenters. The summed E-state index contributed by atoms with van der Waals surface area (Å²) in [5.41, 5.74) is 0. The van der Waals surface area contributed by atoms with Crippen LogP contribution in [0.2, 0.25) is 0 Å². The number of allylic oxidation sites excluding steroid dienone is 13. The van der Waals surface area contributed by atoms with Gasteiger partial charge in [-0.15, -0.1) is 0 Å². The highest BCUT2D eigenvalue weighted by atomic mass is 31.2. The lowest BCUT2D eigenvalue weighted by molar-refractivity contribution is -0.870. The van der Waals surface area contributed by atoms with Gasteiger partial charge in [-0.1, -0.05) is 273 Å². The number of carbonyl (C=O) groups is 2. The van der Waals surface area contributed by atoms with Crippen LogP contribution in [-0.2, 0) is 27.9 Å². The Kier molecular flexibility index (Phi) is 55.4. The Bertz CT molecular complexity index is 1610. The van der Waals surface area contributed by atoms with Crippen molar-refractivity contribution in [3.05, 3.63) is 85.1 Å². The average Bonchev–Trinajstić information content (AvgIpc) is 3.41.